The lowest BCUT2D eigenvalue weighted by Gasteiger charge is -2.37. The lowest BCUT2D eigenvalue weighted by atomic mass is 9.63. The van der Waals surface area contributed by atoms with E-state index in [1.165, 1.54) is 11.3 Å². The molecule has 22 heavy (non-hydrogen) atoms. The normalized spacial score (nSPS) is 40.7. The summed E-state index contributed by atoms with van der Waals surface area (Å²) >= 11 is 0. The Balaban J connectivity index is 1.57. The molecule has 2 saturated carbocycles. The van der Waals surface area contributed by atoms with Gasteiger partial charge in [0.25, 0.3) is 0 Å². The molecule has 4 heteroatoms. The van der Waals surface area contributed by atoms with E-state index in [2.05, 4.69) is 12.2 Å². The molecule has 0 radical (unpaired) electrons. The Labute approximate surface area is 128 Å². The molecule has 112 valence electrons. The quantitative estimate of drug-likeness (QED) is 0.621. The predicted octanol–water partition coefficient (Wildman–Crippen LogP) is 2.25. The van der Waals surface area contributed by atoms with Gasteiger partial charge in [0, 0.05) is 6.07 Å². The molecule has 1 saturated heterocycles. The molecule has 2 amide bonds. The molecule has 3 fully saturated rings. The molecule has 1 aliphatic heterocycles. The number of hydrogen-bond acceptors (Lipinski definition) is 3. The van der Waals surface area contributed by atoms with Crippen LogP contribution in [-0.2, 0) is 9.59 Å². The second kappa shape index (κ2) is 4.00. The summed E-state index contributed by atoms with van der Waals surface area (Å²) in [6, 6.07) is 7.22. The number of rotatable bonds is 2. The second-order valence-corrected chi connectivity index (χ2v) is 6.87. The Morgan fingerprint density at radius 1 is 1.05 bits per heavy atom. The first kappa shape index (κ1) is 12.4. The van der Waals surface area contributed by atoms with Crippen molar-refractivity contribution in [3.63, 3.8) is 0 Å². The van der Waals surface area contributed by atoms with Gasteiger partial charge in [0.1, 0.15) is 5.75 Å². The maximum atomic E-state index is 12.9. The van der Waals surface area contributed by atoms with Crippen molar-refractivity contribution in [1.82, 2.24) is 0 Å². The van der Waals surface area contributed by atoms with Crippen molar-refractivity contribution in [1.29, 1.82) is 0 Å². The van der Waals surface area contributed by atoms with Crippen molar-refractivity contribution < 1.29 is 14.3 Å². The molecule has 4 nitrogen and oxygen atoms in total. The van der Waals surface area contributed by atoms with Gasteiger partial charge in [-0.1, -0.05) is 18.2 Å². The van der Waals surface area contributed by atoms with E-state index in [1.54, 1.807) is 13.2 Å². The smallest absolute Gasteiger partial charge is 0.238 e. The number of nitrogens with zero attached hydrogens (tertiary/aromatic N) is 1. The van der Waals surface area contributed by atoms with E-state index < -0.39 is 0 Å². The summed E-state index contributed by atoms with van der Waals surface area (Å²) in [5.41, 5.74) is 0.636. The van der Waals surface area contributed by atoms with E-state index in [0.717, 1.165) is 0 Å². The van der Waals surface area contributed by atoms with Gasteiger partial charge in [-0.05, 0) is 42.2 Å². The molecule has 6 rings (SSSR count). The van der Waals surface area contributed by atoms with Crippen LogP contribution in [0.5, 0.6) is 5.75 Å². The topological polar surface area (TPSA) is 46.6 Å². The van der Waals surface area contributed by atoms with Gasteiger partial charge in [0.2, 0.25) is 11.8 Å². The van der Waals surface area contributed by atoms with E-state index in [9.17, 15) is 9.59 Å². The number of carbonyl (C=O) groups excluding carboxylic acids is 2. The molecule has 0 aromatic heterocycles. The third kappa shape index (κ3) is 1.38. The zero-order valence-corrected chi connectivity index (χ0v) is 12.3. The maximum Gasteiger partial charge on any atom is 0.238 e. The largest absolute Gasteiger partial charge is 0.497 e. The van der Waals surface area contributed by atoms with Crippen LogP contribution in [0.2, 0.25) is 0 Å². The van der Waals surface area contributed by atoms with Gasteiger partial charge >= 0.3 is 0 Å². The Kier molecular flexibility index (Phi) is 2.26. The number of anilines is 1. The number of methoxy groups -OCH3 is 1. The minimum atomic E-state index is -0.141. The molecule has 2 bridgehead atoms. The Bertz CT molecular complexity index is 689. The minimum Gasteiger partial charge on any atom is -0.497 e. The standard InChI is InChI=1S/C18H17NO3/c1-22-10-4-2-3-9(7-10)19-17(20)15-11-5-6-12(14-8-13(11)14)16(15)18(19)21/h2-7,11-16H,8H2,1H3/t11-,12+,13-,14+,15+,16-. The zero-order valence-electron chi connectivity index (χ0n) is 12.3. The molecular weight excluding hydrogens is 278 g/mol. The van der Waals surface area contributed by atoms with Crippen molar-refractivity contribution in [2.24, 2.45) is 35.5 Å². The Morgan fingerprint density at radius 3 is 2.27 bits per heavy atom. The molecule has 0 N–H and O–H groups in total. The lowest BCUT2D eigenvalue weighted by molar-refractivity contribution is -0.124. The second-order valence-electron chi connectivity index (χ2n) is 6.87. The molecule has 0 unspecified atom stereocenters. The molecule has 4 aliphatic carbocycles. The molecule has 5 aliphatic rings. The summed E-state index contributed by atoms with van der Waals surface area (Å²) in [5.74, 6) is 2.16. The number of amides is 2. The van der Waals surface area contributed by atoms with E-state index in [0.29, 0.717) is 23.3 Å². The predicted molar refractivity (Wildman–Crippen MR) is 80.2 cm³/mol. The summed E-state index contributed by atoms with van der Waals surface area (Å²) in [4.78, 5) is 27.3. The first-order valence-corrected chi connectivity index (χ1v) is 7.91. The number of benzene rings is 1. The minimum absolute atomic E-state index is 0.0204. The van der Waals surface area contributed by atoms with Crippen molar-refractivity contribution in [3.8, 4) is 5.75 Å². The van der Waals surface area contributed by atoms with Gasteiger partial charge in [-0.3, -0.25) is 9.59 Å². The third-order valence-corrected chi connectivity index (χ3v) is 5.97. The van der Waals surface area contributed by atoms with Crippen LogP contribution in [0.25, 0.3) is 0 Å². The van der Waals surface area contributed by atoms with E-state index in [1.807, 2.05) is 18.2 Å². The lowest BCUT2D eigenvalue weighted by Crippen LogP contribution is -2.40. The first-order valence-electron chi connectivity index (χ1n) is 7.91. The van der Waals surface area contributed by atoms with E-state index >= 15 is 0 Å². The summed E-state index contributed by atoms with van der Waals surface area (Å²) in [7, 11) is 1.59. The summed E-state index contributed by atoms with van der Waals surface area (Å²) in [6.07, 6.45) is 5.58. The highest BCUT2D eigenvalue weighted by Crippen LogP contribution is 2.65. The van der Waals surface area contributed by atoms with Gasteiger partial charge in [0.05, 0.1) is 24.6 Å². The monoisotopic (exact) mass is 295 g/mol. The summed E-state index contributed by atoms with van der Waals surface area (Å²) in [5, 5.41) is 0. The summed E-state index contributed by atoms with van der Waals surface area (Å²) in [6.45, 7) is 0. The van der Waals surface area contributed by atoms with Crippen LogP contribution in [0.15, 0.2) is 36.4 Å². The van der Waals surface area contributed by atoms with Gasteiger partial charge < -0.3 is 4.74 Å². The van der Waals surface area contributed by atoms with E-state index in [4.69, 9.17) is 4.74 Å². The Morgan fingerprint density at radius 2 is 1.68 bits per heavy atom. The Hall–Kier alpha value is -2.10. The van der Waals surface area contributed by atoms with Crippen LogP contribution in [0, 0.1) is 35.5 Å². The summed E-state index contributed by atoms with van der Waals surface area (Å²) < 4.78 is 5.22. The van der Waals surface area contributed by atoms with Crippen LogP contribution in [0.1, 0.15) is 6.42 Å². The number of carbonyl (C=O) groups is 2. The van der Waals surface area contributed by atoms with E-state index in [-0.39, 0.29) is 35.5 Å². The SMILES string of the molecule is COc1cccc(N2C(=O)[C@@H]3[C@H]4C=C[C@H]([C@H]5C[C@@H]45)[C@@H]3C2=O)c1. The number of hydrogen-bond donors (Lipinski definition) is 0. The van der Waals surface area contributed by atoms with Crippen molar-refractivity contribution >= 4 is 17.5 Å². The zero-order chi connectivity index (χ0) is 15.0. The first-order chi connectivity index (χ1) is 10.7. The van der Waals surface area contributed by atoms with Gasteiger partial charge in [-0.25, -0.2) is 4.90 Å². The van der Waals surface area contributed by atoms with Crippen LogP contribution >= 0.6 is 0 Å². The molecule has 0 spiro atoms. The molecule has 1 heterocycles. The highest BCUT2D eigenvalue weighted by Gasteiger charge is 2.67. The average Bonchev–Trinajstić information content (AvgIpc) is 3.32. The average molecular weight is 295 g/mol. The van der Waals surface area contributed by atoms with Gasteiger partial charge in [-0.2, -0.15) is 0 Å². The van der Waals surface area contributed by atoms with Crippen LogP contribution in [-0.4, -0.2) is 18.9 Å². The van der Waals surface area contributed by atoms with Crippen LogP contribution in [0.4, 0.5) is 5.69 Å². The van der Waals surface area contributed by atoms with Crippen molar-refractivity contribution in [3.05, 3.63) is 36.4 Å². The molecule has 1 aromatic carbocycles. The fourth-order valence-electron chi connectivity index (χ4n) is 4.96. The van der Waals surface area contributed by atoms with Gasteiger partial charge in [-0.15, -0.1) is 0 Å². The molecule has 6 atom stereocenters. The van der Waals surface area contributed by atoms with Crippen LogP contribution in [0.3, 0.4) is 0 Å². The number of ether oxygens (including phenoxy) is 1. The molecular formula is C18H17NO3. The third-order valence-electron chi connectivity index (χ3n) is 5.97. The van der Waals surface area contributed by atoms with Crippen molar-refractivity contribution in [2.75, 3.05) is 12.0 Å². The fourth-order valence-corrected chi connectivity index (χ4v) is 4.96. The van der Waals surface area contributed by atoms with Crippen molar-refractivity contribution in [2.45, 2.75) is 6.42 Å². The maximum absolute atomic E-state index is 12.9. The highest BCUT2D eigenvalue weighted by molar-refractivity contribution is 6.22. The molecule has 1 aromatic rings. The fraction of sp³-hybridized carbons (Fsp3) is 0.444. The highest BCUT2D eigenvalue weighted by atomic mass is 16.5. The number of allylic oxidation sites excluding steroid dienone is 2. The van der Waals surface area contributed by atoms with Gasteiger partial charge in [0.15, 0.2) is 0 Å². The number of imide groups is 1. The van der Waals surface area contributed by atoms with Crippen LogP contribution < -0.4 is 9.64 Å².